The van der Waals surface area contributed by atoms with Crippen molar-refractivity contribution in [3.63, 3.8) is 0 Å². The Bertz CT molecular complexity index is 694. The molecule has 0 radical (unpaired) electrons. The zero-order chi connectivity index (χ0) is 18.0. The van der Waals surface area contributed by atoms with Crippen LogP contribution in [0.4, 0.5) is 0 Å². The molecule has 0 aromatic rings. The summed E-state index contributed by atoms with van der Waals surface area (Å²) in [6, 6.07) is 0. The normalized spacial score (nSPS) is 32.3. The third-order valence-electron chi connectivity index (χ3n) is 6.36. The number of methoxy groups -OCH3 is 2. The molecular weight excluding hydrogens is 296 g/mol. The largest absolute Gasteiger partial charge is 0.466 e. The van der Waals surface area contributed by atoms with Crippen molar-refractivity contribution in [3.8, 4) is 0 Å². The van der Waals surface area contributed by atoms with Gasteiger partial charge in [-0.2, -0.15) is 0 Å². The van der Waals surface area contributed by atoms with Gasteiger partial charge in [0.05, 0.1) is 30.8 Å². The smallest absolute Gasteiger partial charge is 0.335 e. The minimum Gasteiger partial charge on any atom is -0.466 e. The van der Waals surface area contributed by atoms with Crippen LogP contribution in [0.15, 0.2) is 22.3 Å². The summed E-state index contributed by atoms with van der Waals surface area (Å²) in [5, 5.41) is 0. The fourth-order valence-electron chi connectivity index (χ4n) is 4.36. The van der Waals surface area contributed by atoms with Gasteiger partial charge >= 0.3 is 11.9 Å². The molecule has 5 nitrogen and oxygen atoms in total. The Kier molecular flexibility index (Phi) is 3.63. The minimum absolute atomic E-state index is 0.0800. The first-order valence-electron chi connectivity index (χ1n) is 7.59. The van der Waals surface area contributed by atoms with Gasteiger partial charge in [0.2, 0.25) is 0 Å². The number of Topliss-reactive ketones (excluding diaryl/α,β-unsaturated/α-hetero) is 1. The number of carbonyl (C=O) groups is 3. The highest BCUT2D eigenvalue weighted by atomic mass is 16.5. The molecule has 2 bridgehead atoms. The van der Waals surface area contributed by atoms with Crippen LogP contribution < -0.4 is 0 Å². The van der Waals surface area contributed by atoms with Gasteiger partial charge in [-0.05, 0) is 20.8 Å². The molecular formula is C18H24O5. The highest BCUT2D eigenvalue weighted by Crippen LogP contribution is 2.67. The maximum atomic E-state index is 13.3. The molecule has 5 heteroatoms. The van der Waals surface area contributed by atoms with Crippen LogP contribution in [0.5, 0.6) is 0 Å². The van der Waals surface area contributed by atoms with Crippen LogP contribution in [0.2, 0.25) is 0 Å². The van der Waals surface area contributed by atoms with Gasteiger partial charge in [-0.1, -0.05) is 31.9 Å². The SMILES string of the molecule is COC(=O)C1=C(C(=O)OC)C2(C)C(C)=C(C)C1(C)C(=O)C2(C)C. The third-order valence-corrected chi connectivity index (χ3v) is 6.36. The van der Waals surface area contributed by atoms with E-state index in [2.05, 4.69) is 0 Å². The van der Waals surface area contributed by atoms with Crippen molar-refractivity contribution in [1.82, 2.24) is 0 Å². The van der Waals surface area contributed by atoms with Crippen molar-refractivity contribution in [2.75, 3.05) is 14.2 Å². The molecule has 2 unspecified atom stereocenters. The summed E-state index contributed by atoms with van der Waals surface area (Å²) >= 11 is 0. The van der Waals surface area contributed by atoms with E-state index in [9.17, 15) is 14.4 Å². The lowest BCUT2D eigenvalue weighted by Crippen LogP contribution is -2.62. The molecule has 3 aliphatic carbocycles. The molecule has 0 heterocycles. The molecule has 0 aliphatic heterocycles. The monoisotopic (exact) mass is 320 g/mol. The summed E-state index contributed by atoms with van der Waals surface area (Å²) in [4.78, 5) is 38.3. The van der Waals surface area contributed by atoms with Crippen LogP contribution in [0.3, 0.4) is 0 Å². The van der Waals surface area contributed by atoms with Crippen LogP contribution in [-0.2, 0) is 23.9 Å². The van der Waals surface area contributed by atoms with Crippen molar-refractivity contribution in [2.24, 2.45) is 16.2 Å². The molecule has 0 aromatic carbocycles. The van der Waals surface area contributed by atoms with Gasteiger partial charge in [0.1, 0.15) is 0 Å². The topological polar surface area (TPSA) is 69.7 Å². The van der Waals surface area contributed by atoms with Gasteiger partial charge in [0.15, 0.2) is 5.78 Å². The number of hydrogen-bond acceptors (Lipinski definition) is 5. The first kappa shape index (κ1) is 17.4. The molecule has 3 rings (SSSR count). The van der Waals surface area contributed by atoms with E-state index in [1.54, 1.807) is 6.92 Å². The number of allylic oxidation sites excluding steroid dienone is 2. The van der Waals surface area contributed by atoms with Crippen molar-refractivity contribution in [3.05, 3.63) is 22.3 Å². The average molecular weight is 320 g/mol. The Morgan fingerprint density at radius 2 is 1.26 bits per heavy atom. The highest BCUT2D eigenvalue weighted by Gasteiger charge is 2.68. The van der Waals surface area contributed by atoms with Crippen LogP contribution in [0, 0.1) is 16.2 Å². The van der Waals surface area contributed by atoms with Crippen molar-refractivity contribution in [1.29, 1.82) is 0 Å². The highest BCUT2D eigenvalue weighted by molar-refractivity contribution is 6.15. The molecule has 126 valence electrons. The van der Waals surface area contributed by atoms with E-state index < -0.39 is 28.2 Å². The second kappa shape index (κ2) is 4.79. The van der Waals surface area contributed by atoms with E-state index >= 15 is 0 Å². The first-order chi connectivity index (χ1) is 10.4. The Labute approximate surface area is 136 Å². The van der Waals surface area contributed by atoms with E-state index in [4.69, 9.17) is 9.47 Å². The number of ketones is 1. The molecule has 0 saturated carbocycles. The molecule has 0 amide bonds. The second-order valence-corrected chi connectivity index (χ2v) is 7.19. The van der Waals surface area contributed by atoms with E-state index in [0.29, 0.717) is 0 Å². The van der Waals surface area contributed by atoms with Gasteiger partial charge in [-0.25, -0.2) is 9.59 Å². The molecule has 0 aromatic heterocycles. The Balaban J connectivity index is 3.05. The van der Waals surface area contributed by atoms with Gasteiger partial charge in [-0.3, -0.25) is 4.79 Å². The lowest BCUT2D eigenvalue weighted by molar-refractivity contribution is -0.151. The van der Waals surface area contributed by atoms with E-state index in [0.717, 1.165) is 11.1 Å². The van der Waals surface area contributed by atoms with Crippen molar-refractivity contribution < 1.29 is 23.9 Å². The van der Waals surface area contributed by atoms with Gasteiger partial charge in [-0.15, -0.1) is 0 Å². The number of carbonyl (C=O) groups excluding carboxylic acids is 3. The number of fused-ring (bicyclic) bond motifs is 1. The van der Waals surface area contributed by atoms with E-state index in [1.807, 2.05) is 34.6 Å². The first-order valence-corrected chi connectivity index (χ1v) is 7.59. The molecule has 0 fully saturated rings. The Hall–Kier alpha value is -1.91. The van der Waals surface area contributed by atoms with Gasteiger partial charge in [0.25, 0.3) is 0 Å². The summed E-state index contributed by atoms with van der Waals surface area (Å²) in [5.74, 6) is -1.33. The standard InChI is InChI=1S/C18H24O5/c1-9-10(2)18(6)12(14(20)23-8)11(13(19)22-7)17(9,5)15(21)16(18,3)4/h1-8H3. The number of ether oxygens (including phenoxy) is 2. The summed E-state index contributed by atoms with van der Waals surface area (Å²) in [5.41, 5.74) is -0.851. The number of esters is 2. The van der Waals surface area contributed by atoms with Crippen LogP contribution >= 0.6 is 0 Å². The van der Waals surface area contributed by atoms with Gasteiger partial charge in [0, 0.05) is 10.8 Å². The molecule has 23 heavy (non-hydrogen) atoms. The summed E-state index contributed by atoms with van der Waals surface area (Å²) in [6.45, 7) is 10.9. The number of rotatable bonds is 2. The van der Waals surface area contributed by atoms with E-state index in [-0.39, 0.29) is 16.9 Å². The lowest BCUT2D eigenvalue weighted by atomic mass is 9.41. The molecule has 2 atom stereocenters. The predicted octanol–water partition coefficient (Wildman–Crippen LogP) is 2.60. The molecule has 3 aliphatic rings. The fraction of sp³-hybridized carbons (Fsp3) is 0.611. The zero-order valence-corrected chi connectivity index (χ0v) is 15.0. The maximum absolute atomic E-state index is 13.3. The minimum atomic E-state index is -1.18. The summed E-state index contributed by atoms with van der Waals surface area (Å²) in [6.07, 6.45) is 0. The summed E-state index contributed by atoms with van der Waals surface area (Å²) in [7, 11) is 2.53. The Morgan fingerprint density at radius 3 is 1.70 bits per heavy atom. The van der Waals surface area contributed by atoms with Crippen LogP contribution in [-0.4, -0.2) is 31.9 Å². The zero-order valence-electron chi connectivity index (χ0n) is 15.0. The van der Waals surface area contributed by atoms with Gasteiger partial charge < -0.3 is 9.47 Å². The average Bonchev–Trinajstić information content (AvgIpc) is 2.52. The van der Waals surface area contributed by atoms with Crippen LogP contribution in [0.1, 0.15) is 41.5 Å². The summed E-state index contributed by atoms with van der Waals surface area (Å²) < 4.78 is 9.85. The molecule has 0 spiro atoms. The quantitative estimate of drug-likeness (QED) is 0.578. The maximum Gasteiger partial charge on any atom is 0.335 e. The van der Waals surface area contributed by atoms with Crippen LogP contribution in [0.25, 0.3) is 0 Å². The van der Waals surface area contributed by atoms with Crippen molar-refractivity contribution >= 4 is 17.7 Å². The Morgan fingerprint density at radius 1 is 0.826 bits per heavy atom. The predicted molar refractivity (Wildman–Crippen MR) is 84.4 cm³/mol. The molecule has 0 N–H and O–H groups in total. The molecule has 0 saturated heterocycles. The van der Waals surface area contributed by atoms with Crippen molar-refractivity contribution in [2.45, 2.75) is 41.5 Å². The fourth-order valence-corrected chi connectivity index (χ4v) is 4.36. The van der Waals surface area contributed by atoms with E-state index in [1.165, 1.54) is 14.2 Å². The third kappa shape index (κ3) is 1.65. The lowest BCUT2D eigenvalue weighted by Gasteiger charge is -2.59. The number of hydrogen-bond donors (Lipinski definition) is 0. The second-order valence-electron chi connectivity index (χ2n) is 7.19.